The van der Waals surface area contributed by atoms with Gasteiger partial charge >= 0.3 is 0 Å². The Bertz CT molecular complexity index is 560. The maximum absolute atomic E-state index is 13.1. The second-order valence-corrected chi connectivity index (χ2v) is 5.20. The van der Waals surface area contributed by atoms with Gasteiger partial charge in [-0.3, -0.25) is 0 Å². The third-order valence-corrected chi connectivity index (χ3v) is 3.00. The minimum atomic E-state index is -1.49. The van der Waals surface area contributed by atoms with Crippen LogP contribution in [0, 0.1) is 23.4 Å². The number of hydrogen-bond acceptors (Lipinski definition) is 4. The molecule has 1 heterocycles. The van der Waals surface area contributed by atoms with Crippen LogP contribution in [0.3, 0.4) is 0 Å². The van der Waals surface area contributed by atoms with Gasteiger partial charge in [0.25, 0.3) is 0 Å². The van der Waals surface area contributed by atoms with Crippen molar-refractivity contribution >= 4 is 16.7 Å². The summed E-state index contributed by atoms with van der Waals surface area (Å²) in [6.07, 6.45) is 0. The van der Waals surface area contributed by atoms with E-state index in [4.69, 9.17) is 0 Å². The van der Waals surface area contributed by atoms with E-state index in [1.807, 2.05) is 13.8 Å². The first-order valence-electron chi connectivity index (χ1n) is 5.70. The second kappa shape index (κ2) is 5.56. The highest BCUT2D eigenvalue weighted by molar-refractivity contribution is 7.09. The predicted molar refractivity (Wildman–Crippen MR) is 68.5 cm³/mol. The van der Waals surface area contributed by atoms with Crippen LogP contribution in [0.2, 0.25) is 0 Å². The molecule has 0 aliphatic rings. The SMILES string of the molecule is CC(C)CNc1nc(-c2cc(F)c(F)c(F)c2)ns1. The Labute approximate surface area is 112 Å². The van der Waals surface area contributed by atoms with Crippen LogP contribution in [0.25, 0.3) is 11.4 Å². The van der Waals surface area contributed by atoms with Crippen molar-refractivity contribution in [2.45, 2.75) is 13.8 Å². The molecule has 0 aliphatic carbocycles. The maximum Gasteiger partial charge on any atom is 0.202 e. The quantitative estimate of drug-likeness (QED) is 0.871. The first kappa shape index (κ1) is 13.8. The average Bonchev–Trinajstić information content (AvgIpc) is 2.81. The largest absolute Gasteiger partial charge is 0.360 e. The van der Waals surface area contributed by atoms with E-state index in [2.05, 4.69) is 14.7 Å². The summed E-state index contributed by atoms with van der Waals surface area (Å²) in [6, 6.07) is 1.76. The van der Waals surface area contributed by atoms with E-state index in [-0.39, 0.29) is 11.4 Å². The number of rotatable bonds is 4. The smallest absolute Gasteiger partial charge is 0.202 e. The molecule has 0 spiro atoms. The minimum Gasteiger partial charge on any atom is -0.360 e. The molecule has 0 saturated carbocycles. The van der Waals surface area contributed by atoms with E-state index in [1.165, 1.54) is 0 Å². The third-order valence-electron chi connectivity index (χ3n) is 2.33. The third kappa shape index (κ3) is 3.23. The Balaban J connectivity index is 2.23. The van der Waals surface area contributed by atoms with E-state index in [1.54, 1.807) is 0 Å². The molecule has 2 aromatic rings. The minimum absolute atomic E-state index is 0.116. The lowest BCUT2D eigenvalue weighted by atomic mass is 10.2. The van der Waals surface area contributed by atoms with Gasteiger partial charge in [0.2, 0.25) is 5.13 Å². The van der Waals surface area contributed by atoms with Gasteiger partial charge in [0.1, 0.15) is 0 Å². The van der Waals surface area contributed by atoms with Crippen LogP contribution in [-0.4, -0.2) is 15.9 Å². The fourth-order valence-electron chi connectivity index (χ4n) is 1.39. The first-order chi connectivity index (χ1) is 8.97. The van der Waals surface area contributed by atoms with Crippen molar-refractivity contribution in [1.82, 2.24) is 9.36 Å². The molecule has 1 aromatic carbocycles. The fourth-order valence-corrected chi connectivity index (χ4v) is 1.98. The van der Waals surface area contributed by atoms with Crippen molar-refractivity contribution < 1.29 is 13.2 Å². The number of anilines is 1. The summed E-state index contributed by atoms with van der Waals surface area (Å²) in [5.74, 6) is -3.37. The van der Waals surface area contributed by atoms with E-state index < -0.39 is 17.5 Å². The molecule has 0 bridgehead atoms. The van der Waals surface area contributed by atoms with E-state index >= 15 is 0 Å². The summed E-state index contributed by atoms with van der Waals surface area (Å²) in [5.41, 5.74) is 0.116. The van der Waals surface area contributed by atoms with E-state index in [0.29, 0.717) is 11.0 Å². The Hall–Kier alpha value is -1.63. The molecule has 102 valence electrons. The molecular weight excluding hydrogens is 275 g/mol. The zero-order valence-corrected chi connectivity index (χ0v) is 11.2. The summed E-state index contributed by atoms with van der Waals surface area (Å²) < 4.78 is 43.0. The Morgan fingerprint density at radius 1 is 1.21 bits per heavy atom. The molecule has 0 fully saturated rings. The predicted octanol–water partition coefficient (Wildman–Crippen LogP) is 3.69. The van der Waals surface area contributed by atoms with Gasteiger partial charge in [-0.25, -0.2) is 13.2 Å². The van der Waals surface area contributed by atoms with Crippen molar-refractivity contribution in [2.24, 2.45) is 5.92 Å². The maximum atomic E-state index is 13.1. The van der Waals surface area contributed by atoms with Crippen molar-refractivity contribution in [3.05, 3.63) is 29.6 Å². The van der Waals surface area contributed by atoms with Crippen LogP contribution in [0.15, 0.2) is 12.1 Å². The van der Waals surface area contributed by atoms with Crippen molar-refractivity contribution in [3.63, 3.8) is 0 Å². The molecule has 0 amide bonds. The van der Waals surface area contributed by atoms with Crippen LogP contribution in [0.1, 0.15) is 13.8 Å². The number of nitrogens with one attached hydrogen (secondary N) is 1. The first-order valence-corrected chi connectivity index (χ1v) is 6.47. The normalized spacial score (nSPS) is 11.1. The van der Waals surface area contributed by atoms with E-state index in [9.17, 15) is 13.2 Å². The van der Waals surface area contributed by atoms with Gasteiger partial charge in [-0.1, -0.05) is 13.8 Å². The lowest BCUT2D eigenvalue weighted by Crippen LogP contribution is -2.07. The van der Waals surface area contributed by atoms with Gasteiger partial charge in [-0.15, -0.1) is 0 Å². The van der Waals surface area contributed by atoms with Gasteiger partial charge < -0.3 is 5.32 Å². The zero-order valence-electron chi connectivity index (χ0n) is 10.4. The van der Waals surface area contributed by atoms with Crippen LogP contribution in [0.4, 0.5) is 18.3 Å². The molecule has 3 nitrogen and oxygen atoms in total. The molecule has 7 heteroatoms. The van der Waals surface area contributed by atoms with Gasteiger partial charge in [0.05, 0.1) is 0 Å². The van der Waals surface area contributed by atoms with Crippen LogP contribution in [-0.2, 0) is 0 Å². The molecule has 0 unspecified atom stereocenters. The van der Waals surface area contributed by atoms with Gasteiger partial charge in [0.15, 0.2) is 23.3 Å². The Morgan fingerprint density at radius 2 is 1.84 bits per heavy atom. The molecule has 0 atom stereocenters. The fraction of sp³-hybridized carbons (Fsp3) is 0.333. The van der Waals surface area contributed by atoms with Gasteiger partial charge in [0, 0.05) is 23.6 Å². The molecule has 19 heavy (non-hydrogen) atoms. The number of hydrogen-bond donors (Lipinski definition) is 1. The summed E-state index contributed by atoms with van der Waals surface area (Å²) in [5, 5.41) is 3.62. The van der Waals surface area contributed by atoms with Crippen molar-refractivity contribution in [2.75, 3.05) is 11.9 Å². The molecule has 0 aliphatic heterocycles. The zero-order chi connectivity index (χ0) is 14.0. The van der Waals surface area contributed by atoms with E-state index in [0.717, 1.165) is 30.2 Å². The van der Waals surface area contributed by atoms with Gasteiger partial charge in [-0.05, 0) is 18.1 Å². The van der Waals surface area contributed by atoms with Gasteiger partial charge in [-0.2, -0.15) is 9.36 Å². The summed E-state index contributed by atoms with van der Waals surface area (Å²) in [6.45, 7) is 4.81. The number of halogens is 3. The Morgan fingerprint density at radius 3 is 2.42 bits per heavy atom. The lowest BCUT2D eigenvalue weighted by molar-refractivity contribution is 0.447. The second-order valence-electron chi connectivity index (χ2n) is 4.45. The highest BCUT2D eigenvalue weighted by Crippen LogP contribution is 2.24. The van der Waals surface area contributed by atoms with Crippen LogP contribution < -0.4 is 5.32 Å². The number of aromatic nitrogens is 2. The summed E-state index contributed by atoms with van der Waals surface area (Å²) >= 11 is 1.09. The highest BCUT2D eigenvalue weighted by atomic mass is 32.1. The number of benzene rings is 1. The summed E-state index contributed by atoms with van der Waals surface area (Å²) in [7, 11) is 0. The van der Waals surface area contributed by atoms with Crippen molar-refractivity contribution in [3.8, 4) is 11.4 Å². The Kier molecular flexibility index (Phi) is 4.04. The standard InChI is InChI=1S/C12H12F3N3S/c1-6(2)5-16-12-17-11(18-19-12)7-3-8(13)10(15)9(14)4-7/h3-4,6H,5H2,1-2H3,(H,16,17,18). The van der Waals surface area contributed by atoms with Crippen LogP contribution in [0.5, 0.6) is 0 Å². The lowest BCUT2D eigenvalue weighted by Gasteiger charge is -2.03. The molecule has 2 rings (SSSR count). The highest BCUT2D eigenvalue weighted by Gasteiger charge is 2.14. The topological polar surface area (TPSA) is 37.8 Å². The molecule has 1 N–H and O–H groups in total. The number of nitrogens with zero attached hydrogens (tertiary/aromatic N) is 2. The average molecular weight is 287 g/mol. The summed E-state index contributed by atoms with van der Waals surface area (Å²) in [4.78, 5) is 4.10. The molecule has 0 radical (unpaired) electrons. The molecule has 1 aromatic heterocycles. The van der Waals surface area contributed by atoms with Crippen LogP contribution >= 0.6 is 11.5 Å². The molecule has 0 saturated heterocycles. The van der Waals surface area contributed by atoms with Crippen molar-refractivity contribution in [1.29, 1.82) is 0 Å². The monoisotopic (exact) mass is 287 g/mol. The molecular formula is C12H12F3N3S.